The number of hydrogen-bond donors (Lipinski definition) is 3. The van der Waals surface area contributed by atoms with Gasteiger partial charge in [-0.15, -0.1) is 23.5 Å². The monoisotopic (exact) mass is 464 g/mol. The highest BCUT2D eigenvalue weighted by molar-refractivity contribution is 8.18. The van der Waals surface area contributed by atoms with Crippen LogP contribution in [0, 0.1) is 33.5 Å². The number of fused-ring (bicyclic) bond motifs is 1. The molecule has 0 spiro atoms. The van der Waals surface area contributed by atoms with Gasteiger partial charge in [-0.3, -0.25) is 0 Å². The van der Waals surface area contributed by atoms with Crippen LogP contribution in [-0.2, 0) is 0 Å². The minimum Gasteiger partial charge on any atom is -0.493 e. The number of methoxy groups -OCH3 is 3. The van der Waals surface area contributed by atoms with E-state index in [0.29, 0.717) is 34.3 Å². The highest BCUT2D eigenvalue weighted by Gasteiger charge is 2.92. The third-order valence-electron chi connectivity index (χ3n) is 5.73. The van der Waals surface area contributed by atoms with Crippen LogP contribution in [0.4, 0.5) is 0 Å². The van der Waals surface area contributed by atoms with Crippen LogP contribution in [-0.4, -0.2) is 66.3 Å². The lowest BCUT2D eigenvalue weighted by Gasteiger charge is -2.31. The zero-order valence-corrected chi connectivity index (χ0v) is 19.0. The minimum atomic E-state index is -1.35. The van der Waals surface area contributed by atoms with Crippen LogP contribution < -0.4 is 19.9 Å². The Morgan fingerprint density at radius 2 is 1.58 bits per heavy atom. The van der Waals surface area contributed by atoms with Crippen molar-refractivity contribution in [2.75, 3.05) is 46.0 Å². The molecule has 3 unspecified atom stereocenters. The average molecular weight is 465 g/mol. The number of aliphatic hydroxyl groups is 2. The molecule has 0 radical (unpaired) electrons. The molecule has 1 aliphatic carbocycles. The second-order valence-electron chi connectivity index (χ2n) is 6.95. The Labute approximate surface area is 189 Å². The third-order valence-corrected chi connectivity index (χ3v) is 8.82. The molecule has 9 nitrogen and oxygen atoms in total. The zero-order valence-electron chi connectivity index (χ0n) is 17.4. The molecule has 166 valence electrons. The normalized spacial score (nSPS) is 27.5. The maximum atomic E-state index is 10.4. The minimum absolute atomic E-state index is 0.0752. The Kier molecular flexibility index (Phi) is 6.53. The highest BCUT2D eigenvalue weighted by atomic mass is 32.2. The van der Waals surface area contributed by atoms with Gasteiger partial charge in [0.05, 0.1) is 46.7 Å². The van der Waals surface area contributed by atoms with E-state index >= 15 is 0 Å². The number of nitriles is 2. The summed E-state index contributed by atoms with van der Waals surface area (Å²) in [5.74, 6) is 1.24. The number of thioether (sulfide) groups is 2. The summed E-state index contributed by atoms with van der Waals surface area (Å²) in [5, 5.41) is 39.5. The number of hydrogen-bond acceptors (Lipinski definition) is 11. The van der Waals surface area contributed by atoms with Gasteiger partial charge in [0, 0.05) is 17.4 Å². The zero-order chi connectivity index (χ0) is 22.9. The molecule has 1 saturated carbocycles. The van der Waals surface area contributed by atoms with Gasteiger partial charge in [-0.2, -0.15) is 10.5 Å². The van der Waals surface area contributed by atoms with E-state index in [-0.39, 0.29) is 19.0 Å². The molecule has 2 aliphatic rings. The van der Waals surface area contributed by atoms with E-state index in [9.17, 15) is 20.7 Å². The van der Waals surface area contributed by atoms with Crippen molar-refractivity contribution in [1.82, 2.24) is 0 Å². The van der Waals surface area contributed by atoms with Crippen molar-refractivity contribution in [2.24, 2.45) is 21.6 Å². The Bertz CT molecular complexity index is 942. The smallest absolute Gasteiger partial charge is 0.203 e. The van der Waals surface area contributed by atoms with Gasteiger partial charge in [-0.25, -0.2) is 4.99 Å². The van der Waals surface area contributed by atoms with Crippen LogP contribution in [0.5, 0.6) is 17.2 Å². The summed E-state index contributed by atoms with van der Waals surface area (Å²) in [6.07, 6.45) is 0. The summed E-state index contributed by atoms with van der Waals surface area (Å²) in [7, 11) is 4.47. The van der Waals surface area contributed by atoms with Gasteiger partial charge in [0.15, 0.2) is 15.7 Å². The van der Waals surface area contributed by atoms with Crippen LogP contribution in [0.15, 0.2) is 17.1 Å². The van der Waals surface area contributed by atoms with Gasteiger partial charge in [0.2, 0.25) is 5.75 Å². The second-order valence-corrected chi connectivity index (χ2v) is 9.79. The van der Waals surface area contributed by atoms with Gasteiger partial charge >= 0.3 is 0 Å². The van der Waals surface area contributed by atoms with Crippen LogP contribution in [0.25, 0.3) is 0 Å². The number of amidine groups is 1. The van der Waals surface area contributed by atoms with Gasteiger partial charge in [0.25, 0.3) is 0 Å². The molecule has 1 heterocycles. The number of nitrogens with zero attached hydrogens (tertiary/aromatic N) is 3. The molecule has 1 aromatic carbocycles. The van der Waals surface area contributed by atoms with E-state index in [0.717, 1.165) is 0 Å². The lowest BCUT2D eigenvalue weighted by molar-refractivity contribution is 0.321. The van der Waals surface area contributed by atoms with E-state index in [2.05, 4.69) is 17.1 Å². The van der Waals surface area contributed by atoms with Crippen LogP contribution in [0.2, 0.25) is 0 Å². The largest absolute Gasteiger partial charge is 0.493 e. The average Bonchev–Trinajstić information content (AvgIpc) is 3.38. The van der Waals surface area contributed by atoms with E-state index < -0.39 is 21.0 Å². The first kappa shape index (κ1) is 23.4. The van der Waals surface area contributed by atoms with Crippen molar-refractivity contribution < 1.29 is 24.4 Å². The summed E-state index contributed by atoms with van der Waals surface area (Å²) in [4.78, 5) is 4.57. The van der Waals surface area contributed by atoms with Crippen molar-refractivity contribution in [3.05, 3.63) is 17.7 Å². The van der Waals surface area contributed by atoms with Crippen molar-refractivity contribution in [3.63, 3.8) is 0 Å². The lowest BCUT2D eigenvalue weighted by atomic mass is 9.97. The van der Waals surface area contributed by atoms with Gasteiger partial charge < -0.3 is 30.2 Å². The molecule has 31 heavy (non-hydrogen) atoms. The molecule has 1 fully saturated rings. The molecule has 0 amide bonds. The standard InChI is InChI=1S/C20H24N4O5S2/c1-27-13-8-12(9-14(28-2)15(13)29-3)16-18(10-21)17(23)24-20(30-6-4-25,31-7-5-26)19(16,18)11-22/h8-9,16,25-26H,4-7H2,1-3H3,(H2,23,24). The highest BCUT2D eigenvalue weighted by Crippen LogP contribution is 2.85. The molecule has 3 rings (SSSR count). The SMILES string of the molecule is COc1cc(C2C3(C#N)C(N)=NC(SCCO)(SCCO)C23C#N)cc(OC)c1OC. The summed E-state index contributed by atoms with van der Waals surface area (Å²) < 4.78 is 15.1. The van der Waals surface area contributed by atoms with E-state index in [1.807, 2.05) is 0 Å². The summed E-state index contributed by atoms with van der Waals surface area (Å²) >= 11 is 2.52. The number of aliphatic hydroxyl groups excluding tert-OH is 2. The van der Waals surface area contributed by atoms with Crippen molar-refractivity contribution >= 4 is 29.4 Å². The van der Waals surface area contributed by atoms with Gasteiger partial charge in [-0.05, 0) is 17.7 Å². The predicted molar refractivity (Wildman–Crippen MR) is 118 cm³/mol. The molecule has 3 atom stereocenters. The first-order valence-electron chi connectivity index (χ1n) is 9.41. The molecule has 0 saturated heterocycles. The molecule has 11 heteroatoms. The maximum Gasteiger partial charge on any atom is 0.203 e. The Hall–Kier alpha value is -2.31. The fourth-order valence-electron chi connectivity index (χ4n) is 4.49. The topological polar surface area (TPSA) is 154 Å². The first-order chi connectivity index (χ1) is 14.9. The van der Waals surface area contributed by atoms with E-state index in [4.69, 9.17) is 19.9 Å². The van der Waals surface area contributed by atoms with Crippen LogP contribution in [0.3, 0.4) is 0 Å². The number of rotatable bonds is 10. The third kappa shape index (κ3) is 2.95. The molecule has 4 N–H and O–H groups in total. The lowest BCUT2D eigenvalue weighted by Crippen LogP contribution is -2.32. The van der Waals surface area contributed by atoms with Crippen molar-refractivity contribution in [3.8, 4) is 29.4 Å². The molecular weight excluding hydrogens is 440 g/mol. The maximum absolute atomic E-state index is 10.4. The van der Waals surface area contributed by atoms with Gasteiger partial charge in [0.1, 0.15) is 16.7 Å². The second kappa shape index (κ2) is 8.67. The van der Waals surface area contributed by atoms with Gasteiger partial charge in [-0.1, -0.05) is 0 Å². The van der Waals surface area contributed by atoms with Crippen LogP contribution in [0.1, 0.15) is 11.5 Å². The van der Waals surface area contributed by atoms with Crippen molar-refractivity contribution in [1.29, 1.82) is 10.5 Å². The molecule has 1 aliphatic heterocycles. The molecular formula is C20H24N4O5S2. The fourth-order valence-corrected chi connectivity index (χ4v) is 7.49. The number of nitrogens with two attached hydrogens (primary N) is 1. The number of benzene rings is 1. The Morgan fingerprint density at radius 3 is 1.97 bits per heavy atom. The number of ether oxygens (including phenoxy) is 3. The summed E-state index contributed by atoms with van der Waals surface area (Å²) in [6, 6.07) is 8.07. The van der Waals surface area contributed by atoms with Crippen LogP contribution >= 0.6 is 23.5 Å². The molecule has 0 bridgehead atoms. The summed E-state index contributed by atoms with van der Waals surface area (Å²) in [5.41, 5.74) is 4.29. The predicted octanol–water partition coefficient (Wildman–Crippen LogP) is 1.31. The Morgan fingerprint density at radius 1 is 1.03 bits per heavy atom. The van der Waals surface area contributed by atoms with Crippen molar-refractivity contribution in [2.45, 2.75) is 10.1 Å². The number of aliphatic imine (C=N–C) groups is 1. The molecule has 1 aromatic rings. The Balaban J connectivity index is 2.23. The quantitative estimate of drug-likeness (QED) is 0.432. The van der Waals surface area contributed by atoms with E-state index in [1.54, 1.807) is 12.1 Å². The first-order valence-corrected chi connectivity index (χ1v) is 11.4. The summed E-state index contributed by atoms with van der Waals surface area (Å²) in [6.45, 7) is -0.255. The fraction of sp³-hybridized carbons (Fsp3) is 0.550. The molecule has 0 aromatic heterocycles. The van der Waals surface area contributed by atoms with E-state index in [1.165, 1.54) is 44.9 Å².